The molecule has 0 bridgehead atoms. The lowest BCUT2D eigenvalue weighted by molar-refractivity contribution is 0.0954. The molecule has 1 amide bonds. The number of para-hydroxylation sites is 1. The monoisotopic (exact) mass is 311 g/mol. The number of tetrazole rings is 1. The summed E-state index contributed by atoms with van der Waals surface area (Å²) >= 11 is 0. The Bertz CT molecular complexity index is 804. The van der Waals surface area contributed by atoms with E-state index in [1.165, 1.54) is 23.1 Å². The van der Waals surface area contributed by atoms with E-state index in [4.69, 9.17) is 0 Å². The van der Waals surface area contributed by atoms with E-state index < -0.39 is 0 Å². The first kappa shape index (κ1) is 14.8. The molecular weight excluding hydrogens is 297 g/mol. The molecule has 0 aliphatic carbocycles. The van der Waals surface area contributed by atoms with Gasteiger partial charge in [-0.3, -0.25) is 4.79 Å². The van der Waals surface area contributed by atoms with E-state index in [-0.39, 0.29) is 11.7 Å². The van der Waals surface area contributed by atoms with Gasteiger partial charge in [-0.1, -0.05) is 24.3 Å². The molecule has 0 fully saturated rings. The molecule has 0 atom stereocenters. The first-order valence-corrected chi connectivity index (χ1v) is 7.09. The molecule has 0 aliphatic rings. The molecule has 0 unspecified atom stereocenters. The average molecular weight is 311 g/mol. The zero-order chi connectivity index (χ0) is 16.1. The van der Waals surface area contributed by atoms with Crippen molar-refractivity contribution in [2.75, 3.05) is 6.54 Å². The summed E-state index contributed by atoms with van der Waals surface area (Å²) in [6, 6.07) is 13.4. The minimum atomic E-state index is -0.280. The van der Waals surface area contributed by atoms with Gasteiger partial charge < -0.3 is 5.32 Å². The highest BCUT2D eigenvalue weighted by atomic mass is 19.1. The van der Waals surface area contributed by atoms with Crippen molar-refractivity contribution in [2.45, 2.75) is 6.42 Å². The Morgan fingerprint density at radius 3 is 2.83 bits per heavy atom. The lowest BCUT2D eigenvalue weighted by Crippen LogP contribution is -2.27. The Morgan fingerprint density at radius 1 is 1.17 bits per heavy atom. The smallest absolute Gasteiger partial charge is 0.253 e. The van der Waals surface area contributed by atoms with Crippen LogP contribution in [-0.4, -0.2) is 32.7 Å². The average Bonchev–Trinajstić information content (AvgIpc) is 3.09. The molecule has 1 aromatic heterocycles. The van der Waals surface area contributed by atoms with Gasteiger partial charge in [0.1, 0.15) is 12.1 Å². The van der Waals surface area contributed by atoms with Crippen LogP contribution in [0.25, 0.3) is 5.69 Å². The molecule has 0 saturated heterocycles. The predicted octanol–water partition coefficient (Wildman–Crippen LogP) is 1.77. The van der Waals surface area contributed by atoms with Gasteiger partial charge in [0.2, 0.25) is 0 Å². The molecule has 1 N–H and O–H groups in total. The largest absolute Gasteiger partial charge is 0.352 e. The van der Waals surface area contributed by atoms with Crippen LogP contribution in [0.2, 0.25) is 0 Å². The molecule has 7 heteroatoms. The van der Waals surface area contributed by atoms with Crippen LogP contribution in [-0.2, 0) is 6.42 Å². The molecule has 2 aromatic carbocycles. The van der Waals surface area contributed by atoms with Crippen molar-refractivity contribution in [3.63, 3.8) is 0 Å². The summed E-state index contributed by atoms with van der Waals surface area (Å²) < 4.78 is 14.6. The fourth-order valence-electron chi connectivity index (χ4n) is 2.25. The summed E-state index contributed by atoms with van der Waals surface area (Å²) in [6.45, 7) is 0.409. The lowest BCUT2D eigenvalue weighted by atomic mass is 10.1. The summed E-state index contributed by atoms with van der Waals surface area (Å²) in [7, 11) is 0. The first-order chi connectivity index (χ1) is 11.2. The Labute approximate surface area is 132 Å². The van der Waals surface area contributed by atoms with Gasteiger partial charge >= 0.3 is 0 Å². The quantitative estimate of drug-likeness (QED) is 0.779. The van der Waals surface area contributed by atoms with E-state index in [9.17, 15) is 9.18 Å². The highest BCUT2D eigenvalue weighted by Gasteiger charge is 2.12. The molecule has 116 valence electrons. The number of rotatable bonds is 5. The third-order valence-electron chi connectivity index (χ3n) is 3.33. The Hall–Kier alpha value is -3.09. The van der Waals surface area contributed by atoms with Gasteiger partial charge in [-0.2, -0.15) is 4.68 Å². The zero-order valence-corrected chi connectivity index (χ0v) is 12.2. The fourth-order valence-corrected chi connectivity index (χ4v) is 2.25. The summed E-state index contributed by atoms with van der Waals surface area (Å²) in [5, 5.41) is 13.8. The maximum absolute atomic E-state index is 13.1. The summed E-state index contributed by atoms with van der Waals surface area (Å²) in [5.41, 5.74) is 1.90. The first-order valence-electron chi connectivity index (χ1n) is 7.09. The second-order valence-corrected chi connectivity index (χ2v) is 4.91. The van der Waals surface area contributed by atoms with Gasteiger partial charge in [-0.05, 0) is 46.7 Å². The molecule has 3 rings (SSSR count). The number of aromatic nitrogens is 4. The van der Waals surface area contributed by atoms with Gasteiger partial charge in [-0.15, -0.1) is 5.10 Å². The second-order valence-electron chi connectivity index (χ2n) is 4.91. The number of carbonyl (C=O) groups excluding carboxylic acids is 1. The number of carbonyl (C=O) groups is 1. The number of hydrogen-bond donors (Lipinski definition) is 1. The summed E-state index contributed by atoms with van der Waals surface area (Å²) in [6.07, 6.45) is 1.98. The number of nitrogens with one attached hydrogen (secondary N) is 1. The third kappa shape index (κ3) is 3.57. The van der Waals surface area contributed by atoms with Crippen LogP contribution in [0.5, 0.6) is 0 Å². The Morgan fingerprint density at radius 2 is 2.04 bits per heavy atom. The topological polar surface area (TPSA) is 72.7 Å². The molecule has 0 aliphatic heterocycles. The highest BCUT2D eigenvalue weighted by molar-refractivity contribution is 5.97. The van der Waals surface area contributed by atoms with Crippen LogP contribution in [0.1, 0.15) is 15.9 Å². The Kier molecular flexibility index (Phi) is 4.37. The number of hydrogen-bond acceptors (Lipinski definition) is 4. The van der Waals surface area contributed by atoms with Crippen LogP contribution in [0, 0.1) is 5.82 Å². The molecule has 0 radical (unpaired) electrons. The van der Waals surface area contributed by atoms with Crippen LogP contribution in [0.4, 0.5) is 4.39 Å². The van der Waals surface area contributed by atoms with Crippen molar-refractivity contribution >= 4 is 5.91 Å². The lowest BCUT2D eigenvalue weighted by Gasteiger charge is -2.09. The summed E-state index contributed by atoms with van der Waals surface area (Å²) in [4.78, 5) is 12.4. The zero-order valence-electron chi connectivity index (χ0n) is 12.2. The minimum absolute atomic E-state index is 0.229. The number of nitrogens with zero attached hydrogens (tertiary/aromatic N) is 4. The normalized spacial score (nSPS) is 10.5. The van der Waals surface area contributed by atoms with E-state index >= 15 is 0 Å². The third-order valence-corrected chi connectivity index (χ3v) is 3.33. The minimum Gasteiger partial charge on any atom is -0.352 e. The molecule has 6 nitrogen and oxygen atoms in total. The Balaban J connectivity index is 1.67. The molecule has 0 spiro atoms. The van der Waals surface area contributed by atoms with Crippen molar-refractivity contribution in [1.82, 2.24) is 25.5 Å². The van der Waals surface area contributed by atoms with Gasteiger partial charge in [0.05, 0.1) is 11.3 Å². The number of benzene rings is 2. The van der Waals surface area contributed by atoms with Gasteiger partial charge in [0.25, 0.3) is 5.91 Å². The van der Waals surface area contributed by atoms with E-state index in [2.05, 4.69) is 20.8 Å². The van der Waals surface area contributed by atoms with Crippen molar-refractivity contribution in [2.24, 2.45) is 0 Å². The van der Waals surface area contributed by atoms with Gasteiger partial charge in [0, 0.05) is 6.54 Å². The van der Waals surface area contributed by atoms with Crippen molar-refractivity contribution in [3.8, 4) is 5.69 Å². The maximum Gasteiger partial charge on any atom is 0.253 e. The molecular formula is C16H14FN5O. The van der Waals surface area contributed by atoms with Crippen LogP contribution in [0.15, 0.2) is 54.9 Å². The second kappa shape index (κ2) is 6.78. The molecule has 23 heavy (non-hydrogen) atoms. The van der Waals surface area contributed by atoms with Crippen molar-refractivity contribution < 1.29 is 9.18 Å². The van der Waals surface area contributed by atoms with Crippen LogP contribution < -0.4 is 5.32 Å². The van der Waals surface area contributed by atoms with E-state index in [0.717, 1.165) is 5.56 Å². The van der Waals surface area contributed by atoms with E-state index in [1.807, 2.05) is 6.07 Å². The molecule has 0 saturated carbocycles. The van der Waals surface area contributed by atoms with Crippen molar-refractivity contribution in [1.29, 1.82) is 0 Å². The highest BCUT2D eigenvalue weighted by Crippen LogP contribution is 2.12. The number of amides is 1. The van der Waals surface area contributed by atoms with Gasteiger partial charge in [0.15, 0.2) is 0 Å². The fraction of sp³-hybridized carbons (Fsp3) is 0.125. The van der Waals surface area contributed by atoms with Crippen LogP contribution in [0.3, 0.4) is 0 Å². The predicted molar refractivity (Wildman–Crippen MR) is 81.6 cm³/mol. The van der Waals surface area contributed by atoms with Crippen LogP contribution >= 0.6 is 0 Å². The van der Waals surface area contributed by atoms with E-state index in [0.29, 0.717) is 24.2 Å². The standard InChI is InChI=1S/C16H14FN5O/c17-13-5-3-4-12(10-13)8-9-18-16(23)14-6-1-2-7-15(14)22-11-19-20-21-22/h1-7,10-11H,8-9H2,(H,18,23). The SMILES string of the molecule is O=C(NCCc1cccc(F)c1)c1ccccc1-n1cnnn1. The number of halogens is 1. The summed E-state index contributed by atoms with van der Waals surface area (Å²) in [5.74, 6) is -0.509. The van der Waals surface area contributed by atoms with Gasteiger partial charge in [-0.25, -0.2) is 4.39 Å². The van der Waals surface area contributed by atoms with E-state index in [1.54, 1.807) is 30.3 Å². The molecule has 3 aromatic rings. The maximum atomic E-state index is 13.1. The van der Waals surface area contributed by atoms with Crippen molar-refractivity contribution in [3.05, 3.63) is 71.8 Å². The molecule has 1 heterocycles.